The fraction of sp³-hybridized carbons (Fsp3) is 0.304. The molecule has 0 bridgehead atoms. The predicted octanol–water partition coefficient (Wildman–Crippen LogP) is 2.98. The molecule has 0 spiro atoms. The van der Waals surface area contributed by atoms with E-state index in [1.807, 2.05) is 62.3 Å². The normalized spacial score (nSPS) is 11.1. The second-order valence-corrected chi connectivity index (χ2v) is 6.97. The predicted molar refractivity (Wildman–Crippen MR) is 117 cm³/mol. The van der Waals surface area contributed by atoms with Crippen LogP contribution in [0.1, 0.15) is 27.9 Å². The van der Waals surface area contributed by atoms with Gasteiger partial charge in [-0.25, -0.2) is 0 Å². The third-order valence-corrected chi connectivity index (χ3v) is 4.34. The number of amides is 2. The Labute approximate surface area is 172 Å². The van der Waals surface area contributed by atoms with Crippen molar-refractivity contribution in [3.63, 3.8) is 0 Å². The summed E-state index contributed by atoms with van der Waals surface area (Å²) in [4.78, 5) is 27.3. The van der Waals surface area contributed by atoms with Crippen LogP contribution in [0.2, 0.25) is 0 Å². The highest BCUT2D eigenvalue weighted by molar-refractivity contribution is 6.05. The van der Waals surface area contributed by atoms with Gasteiger partial charge in [0, 0.05) is 45.6 Å². The molecule has 0 saturated heterocycles. The molecule has 0 aliphatic carbocycles. The summed E-state index contributed by atoms with van der Waals surface area (Å²) in [6.07, 6.45) is 2.37. The molecule has 2 aromatic rings. The summed E-state index contributed by atoms with van der Waals surface area (Å²) < 4.78 is 5.00. The summed E-state index contributed by atoms with van der Waals surface area (Å²) in [5, 5.41) is 5.57. The van der Waals surface area contributed by atoms with Crippen LogP contribution in [0.15, 0.2) is 54.2 Å². The molecular weight excluding hydrogens is 366 g/mol. The standard InChI is InChI=1S/C23H29N3O3/c1-17-6-10-19(11-7-17)22(27)25-21(23(28)24-14-5-15-29-4)16-18-8-12-20(13-9-18)26(2)3/h6-13,16H,5,14-15H2,1-4H3,(H,24,28)(H,25,27)/b21-16-. The molecular formula is C23H29N3O3. The molecule has 6 nitrogen and oxygen atoms in total. The van der Waals surface area contributed by atoms with Gasteiger partial charge >= 0.3 is 0 Å². The molecule has 0 radical (unpaired) electrons. The third kappa shape index (κ3) is 7.08. The number of anilines is 1. The Bertz CT molecular complexity index is 841. The first kappa shape index (κ1) is 22.2. The Morgan fingerprint density at radius 1 is 1.03 bits per heavy atom. The molecule has 0 saturated carbocycles. The maximum atomic E-state index is 12.7. The smallest absolute Gasteiger partial charge is 0.267 e. The summed E-state index contributed by atoms with van der Waals surface area (Å²) in [7, 11) is 5.55. The van der Waals surface area contributed by atoms with Crippen molar-refractivity contribution in [2.24, 2.45) is 0 Å². The van der Waals surface area contributed by atoms with Crippen molar-refractivity contribution < 1.29 is 14.3 Å². The van der Waals surface area contributed by atoms with Crippen LogP contribution in [0, 0.1) is 6.92 Å². The third-order valence-electron chi connectivity index (χ3n) is 4.34. The summed E-state index contributed by atoms with van der Waals surface area (Å²) in [5.41, 5.74) is 3.63. The van der Waals surface area contributed by atoms with Gasteiger partial charge in [-0.3, -0.25) is 9.59 Å². The van der Waals surface area contributed by atoms with Crippen molar-refractivity contribution in [3.05, 3.63) is 70.9 Å². The van der Waals surface area contributed by atoms with Gasteiger partial charge in [-0.1, -0.05) is 29.8 Å². The number of carbonyl (C=O) groups excluding carboxylic acids is 2. The number of ether oxygens (including phenoxy) is 1. The molecule has 0 aliphatic rings. The zero-order chi connectivity index (χ0) is 21.2. The van der Waals surface area contributed by atoms with Gasteiger partial charge in [0.15, 0.2) is 0 Å². The lowest BCUT2D eigenvalue weighted by Gasteiger charge is -2.13. The van der Waals surface area contributed by atoms with Crippen LogP contribution < -0.4 is 15.5 Å². The molecule has 0 fully saturated rings. The number of nitrogens with zero attached hydrogens (tertiary/aromatic N) is 1. The lowest BCUT2D eigenvalue weighted by molar-refractivity contribution is -0.117. The van der Waals surface area contributed by atoms with Gasteiger partial charge in [-0.15, -0.1) is 0 Å². The number of nitrogens with one attached hydrogen (secondary N) is 2. The lowest BCUT2D eigenvalue weighted by Crippen LogP contribution is -2.35. The molecule has 2 N–H and O–H groups in total. The first-order chi connectivity index (χ1) is 13.9. The molecule has 0 heterocycles. The molecule has 0 unspecified atom stereocenters. The van der Waals surface area contributed by atoms with E-state index >= 15 is 0 Å². The second kappa shape index (κ2) is 11.0. The Kier molecular flexibility index (Phi) is 8.43. The van der Waals surface area contributed by atoms with Crippen LogP contribution in [0.3, 0.4) is 0 Å². The van der Waals surface area contributed by atoms with E-state index in [-0.39, 0.29) is 17.5 Å². The van der Waals surface area contributed by atoms with Crippen molar-refractivity contribution in [2.75, 3.05) is 39.3 Å². The molecule has 6 heteroatoms. The number of carbonyl (C=O) groups is 2. The highest BCUT2D eigenvalue weighted by Gasteiger charge is 2.14. The van der Waals surface area contributed by atoms with Gasteiger partial charge in [0.25, 0.3) is 11.8 Å². The maximum absolute atomic E-state index is 12.7. The number of hydrogen-bond donors (Lipinski definition) is 2. The molecule has 2 rings (SSSR count). The second-order valence-electron chi connectivity index (χ2n) is 6.97. The number of methoxy groups -OCH3 is 1. The summed E-state index contributed by atoms with van der Waals surface area (Å²) in [6.45, 7) is 2.98. The molecule has 0 atom stereocenters. The number of aryl methyl sites for hydroxylation is 1. The SMILES string of the molecule is COCCCNC(=O)/C(=C/c1ccc(N(C)C)cc1)NC(=O)c1ccc(C)cc1. The van der Waals surface area contributed by atoms with Crippen molar-refractivity contribution >= 4 is 23.6 Å². The van der Waals surface area contributed by atoms with Gasteiger partial charge in [0.1, 0.15) is 5.70 Å². The number of hydrogen-bond acceptors (Lipinski definition) is 4. The van der Waals surface area contributed by atoms with E-state index in [4.69, 9.17) is 4.74 Å². The average Bonchev–Trinajstić information content (AvgIpc) is 2.71. The van der Waals surface area contributed by atoms with E-state index in [1.54, 1.807) is 25.3 Å². The van der Waals surface area contributed by atoms with Crippen molar-refractivity contribution in [1.29, 1.82) is 0 Å². The highest BCUT2D eigenvalue weighted by atomic mass is 16.5. The van der Waals surface area contributed by atoms with Crippen LogP contribution in [0.5, 0.6) is 0 Å². The Balaban J connectivity index is 2.20. The lowest BCUT2D eigenvalue weighted by atomic mass is 10.1. The van der Waals surface area contributed by atoms with E-state index in [9.17, 15) is 9.59 Å². The minimum absolute atomic E-state index is 0.200. The first-order valence-electron chi connectivity index (χ1n) is 9.55. The zero-order valence-corrected chi connectivity index (χ0v) is 17.5. The first-order valence-corrected chi connectivity index (χ1v) is 9.55. The fourth-order valence-electron chi connectivity index (χ4n) is 2.61. The van der Waals surface area contributed by atoms with Gasteiger partial charge in [-0.2, -0.15) is 0 Å². The zero-order valence-electron chi connectivity index (χ0n) is 17.5. The van der Waals surface area contributed by atoms with Crippen LogP contribution in [-0.2, 0) is 9.53 Å². The molecule has 2 aromatic carbocycles. The van der Waals surface area contributed by atoms with Crippen LogP contribution in [0.4, 0.5) is 5.69 Å². The van der Waals surface area contributed by atoms with E-state index in [0.29, 0.717) is 25.1 Å². The van der Waals surface area contributed by atoms with Crippen molar-refractivity contribution in [1.82, 2.24) is 10.6 Å². The molecule has 0 aliphatic heterocycles. The molecule has 29 heavy (non-hydrogen) atoms. The van der Waals surface area contributed by atoms with Crippen molar-refractivity contribution in [3.8, 4) is 0 Å². The quantitative estimate of drug-likeness (QED) is 0.506. The van der Waals surface area contributed by atoms with Crippen LogP contribution >= 0.6 is 0 Å². The van der Waals surface area contributed by atoms with E-state index in [2.05, 4.69) is 10.6 Å². The van der Waals surface area contributed by atoms with Crippen molar-refractivity contribution in [2.45, 2.75) is 13.3 Å². The average molecular weight is 396 g/mol. The Hall–Kier alpha value is -3.12. The Morgan fingerprint density at radius 3 is 2.28 bits per heavy atom. The highest BCUT2D eigenvalue weighted by Crippen LogP contribution is 2.14. The van der Waals surface area contributed by atoms with Gasteiger partial charge < -0.3 is 20.3 Å². The summed E-state index contributed by atoms with van der Waals surface area (Å²) in [6, 6.07) is 14.9. The topological polar surface area (TPSA) is 70.7 Å². The maximum Gasteiger partial charge on any atom is 0.267 e. The minimum atomic E-state index is -0.335. The van der Waals surface area contributed by atoms with Gasteiger partial charge in [-0.05, 0) is 49.2 Å². The fourth-order valence-corrected chi connectivity index (χ4v) is 2.61. The minimum Gasteiger partial charge on any atom is -0.385 e. The monoisotopic (exact) mass is 395 g/mol. The number of rotatable bonds is 9. The van der Waals surface area contributed by atoms with E-state index < -0.39 is 0 Å². The van der Waals surface area contributed by atoms with Crippen LogP contribution in [-0.4, -0.2) is 46.2 Å². The van der Waals surface area contributed by atoms with Crippen LogP contribution in [0.25, 0.3) is 6.08 Å². The van der Waals surface area contributed by atoms with Gasteiger partial charge in [0.05, 0.1) is 0 Å². The van der Waals surface area contributed by atoms with E-state index in [0.717, 1.165) is 16.8 Å². The number of benzene rings is 2. The Morgan fingerprint density at radius 2 is 1.69 bits per heavy atom. The van der Waals surface area contributed by atoms with E-state index in [1.165, 1.54) is 0 Å². The summed E-state index contributed by atoms with van der Waals surface area (Å²) >= 11 is 0. The molecule has 0 aromatic heterocycles. The van der Waals surface area contributed by atoms with Gasteiger partial charge in [0.2, 0.25) is 0 Å². The molecule has 2 amide bonds. The molecule has 154 valence electrons. The summed E-state index contributed by atoms with van der Waals surface area (Å²) in [5.74, 6) is -0.661. The largest absolute Gasteiger partial charge is 0.385 e.